The highest BCUT2D eigenvalue weighted by atomic mass is 32.1. The molecule has 2 N–H and O–H groups in total. The van der Waals surface area contributed by atoms with Crippen LogP contribution in [0.4, 0.5) is 11.6 Å². The van der Waals surface area contributed by atoms with Crippen LogP contribution < -0.4 is 10.6 Å². The second-order valence-corrected chi connectivity index (χ2v) is 6.38. The maximum absolute atomic E-state index is 4.44. The Kier molecular flexibility index (Phi) is 4.60. The molecule has 0 amide bonds. The van der Waals surface area contributed by atoms with Crippen LogP contribution in [0.1, 0.15) is 31.5 Å². The van der Waals surface area contributed by atoms with Crippen molar-refractivity contribution in [3.05, 3.63) is 34.3 Å². The van der Waals surface area contributed by atoms with Gasteiger partial charge in [-0.15, -0.1) is 11.3 Å². The smallest absolute Gasteiger partial charge is 0.131 e. The summed E-state index contributed by atoms with van der Waals surface area (Å²) < 4.78 is 0. The molecule has 2 aromatic heterocycles. The predicted octanol–water partition coefficient (Wildman–Crippen LogP) is 3.67. The van der Waals surface area contributed by atoms with Crippen molar-refractivity contribution in [3.8, 4) is 0 Å². The summed E-state index contributed by atoms with van der Waals surface area (Å²) in [4.78, 5) is 10.2. The van der Waals surface area contributed by atoms with Gasteiger partial charge in [-0.05, 0) is 25.3 Å². The lowest BCUT2D eigenvalue weighted by molar-refractivity contribution is 0.568. The molecule has 0 aromatic carbocycles. The van der Waals surface area contributed by atoms with E-state index in [4.69, 9.17) is 0 Å². The van der Waals surface area contributed by atoms with E-state index in [1.807, 2.05) is 13.0 Å². The van der Waals surface area contributed by atoms with E-state index in [1.165, 1.54) is 4.88 Å². The SMILES string of the molecule is CCNc1cc(NCC(C)(C)c2cccs2)nc(C)n1. The largest absolute Gasteiger partial charge is 0.370 e. The molecular formula is C15H22N4S. The summed E-state index contributed by atoms with van der Waals surface area (Å²) in [6.07, 6.45) is 0. The van der Waals surface area contributed by atoms with Crippen molar-refractivity contribution in [2.24, 2.45) is 0 Å². The molecule has 2 heterocycles. The van der Waals surface area contributed by atoms with Crippen LogP contribution in [0, 0.1) is 6.92 Å². The van der Waals surface area contributed by atoms with Gasteiger partial charge in [0.25, 0.3) is 0 Å². The van der Waals surface area contributed by atoms with Crippen LogP contribution in [-0.2, 0) is 5.41 Å². The van der Waals surface area contributed by atoms with Crippen molar-refractivity contribution in [2.45, 2.75) is 33.1 Å². The summed E-state index contributed by atoms with van der Waals surface area (Å²) >= 11 is 1.79. The van der Waals surface area contributed by atoms with E-state index in [-0.39, 0.29) is 5.41 Å². The molecule has 108 valence electrons. The Morgan fingerprint density at radius 3 is 2.50 bits per heavy atom. The van der Waals surface area contributed by atoms with Crippen molar-refractivity contribution < 1.29 is 0 Å². The number of anilines is 2. The van der Waals surface area contributed by atoms with Crippen LogP contribution in [0.3, 0.4) is 0 Å². The van der Waals surface area contributed by atoms with E-state index in [0.717, 1.165) is 30.5 Å². The number of hydrogen-bond donors (Lipinski definition) is 2. The summed E-state index contributed by atoms with van der Waals surface area (Å²) in [6, 6.07) is 6.24. The van der Waals surface area contributed by atoms with Crippen LogP contribution in [0.2, 0.25) is 0 Å². The van der Waals surface area contributed by atoms with Crippen molar-refractivity contribution in [3.63, 3.8) is 0 Å². The molecule has 20 heavy (non-hydrogen) atoms. The van der Waals surface area contributed by atoms with Crippen LogP contribution in [0.15, 0.2) is 23.6 Å². The summed E-state index contributed by atoms with van der Waals surface area (Å²) in [5, 5.41) is 8.77. The first kappa shape index (κ1) is 14.8. The Labute approximate surface area is 124 Å². The Morgan fingerprint density at radius 2 is 1.90 bits per heavy atom. The second kappa shape index (κ2) is 6.22. The molecule has 0 saturated carbocycles. The summed E-state index contributed by atoms with van der Waals surface area (Å²) in [7, 11) is 0. The van der Waals surface area contributed by atoms with Crippen molar-refractivity contribution in [1.82, 2.24) is 9.97 Å². The van der Waals surface area contributed by atoms with Crippen LogP contribution in [0.5, 0.6) is 0 Å². The van der Waals surface area contributed by atoms with Gasteiger partial charge >= 0.3 is 0 Å². The molecule has 0 fully saturated rings. The molecule has 0 bridgehead atoms. The number of hydrogen-bond acceptors (Lipinski definition) is 5. The van der Waals surface area contributed by atoms with Crippen LogP contribution in [0.25, 0.3) is 0 Å². The first-order chi connectivity index (χ1) is 9.51. The zero-order valence-corrected chi connectivity index (χ0v) is 13.3. The van der Waals surface area contributed by atoms with Crippen molar-refractivity contribution >= 4 is 23.0 Å². The first-order valence-corrected chi connectivity index (χ1v) is 7.76. The Balaban J connectivity index is 2.07. The molecule has 0 unspecified atom stereocenters. The van der Waals surface area contributed by atoms with E-state index in [0.29, 0.717) is 0 Å². The minimum absolute atomic E-state index is 0.0887. The third-order valence-corrected chi connectivity index (χ3v) is 4.33. The standard InChI is InChI=1S/C15H22N4S/c1-5-16-13-9-14(19-11(2)18-13)17-10-15(3,4)12-7-6-8-20-12/h6-9H,5,10H2,1-4H3,(H2,16,17,18,19). The number of aromatic nitrogens is 2. The average Bonchev–Trinajstić information content (AvgIpc) is 2.91. The van der Waals surface area contributed by atoms with Gasteiger partial charge in [0.05, 0.1) is 0 Å². The van der Waals surface area contributed by atoms with Crippen molar-refractivity contribution in [2.75, 3.05) is 23.7 Å². The Morgan fingerprint density at radius 1 is 1.20 bits per heavy atom. The third kappa shape index (κ3) is 3.70. The third-order valence-electron chi connectivity index (χ3n) is 3.10. The lowest BCUT2D eigenvalue weighted by Crippen LogP contribution is -2.27. The number of nitrogens with zero attached hydrogens (tertiary/aromatic N) is 2. The maximum Gasteiger partial charge on any atom is 0.131 e. The second-order valence-electron chi connectivity index (χ2n) is 5.43. The van der Waals surface area contributed by atoms with Gasteiger partial charge in [-0.1, -0.05) is 19.9 Å². The zero-order chi connectivity index (χ0) is 14.6. The number of aryl methyl sites for hydroxylation is 1. The summed E-state index contributed by atoms with van der Waals surface area (Å²) in [5.41, 5.74) is 0.0887. The highest BCUT2D eigenvalue weighted by Crippen LogP contribution is 2.27. The van der Waals surface area contributed by atoms with E-state index in [1.54, 1.807) is 11.3 Å². The molecule has 0 aliphatic heterocycles. The topological polar surface area (TPSA) is 49.8 Å². The summed E-state index contributed by atoms with van der Waals surface area (Å²) in [6.45, 7) is 10.2. The zero-order valence-electron chi connectivity index (χ0n) is 12.5. The quantitative estimate of drug-likeness (QED) is 0.852. The van der Waals surface area contributed by atoms with Gasteiger partial charge in [0.2, 0.25) is 0 Å². The fourth-order valence-electron chi connectivity index (χ4n) is 1.99. The fourth-order valence-corrected chi connectivity index (χ4v) is 2.84. The molecule has 0 aliphatic carbocycles. The predicted molar refractivity (Wildman–Crippen MR) is 86.8 cm³/mol. The number of rotatable bonds is 6. The van der Waals surface area contributed by atoms with Gasteiger partial charge in [0.1, 0.15) is 17.5 Å². The monoisotopic (exact) mass is 290 g/mol. The molecule has 2 aromatic rings. The molecule has 2 rings (SSSR count). The molecular weight excluding hydrogens is 268 g/mol. The molecule has 0 atom stereocenters. The van der Waals surface area contributed by atoms with Gasteiger partial charge in [0, 0.05) is 29.4 Å². The minimum atomic E-state index is 0.0887. The summed E-state index contributed by atoms with van der Waals surface area (Å²) in [5.74, 6) is 2.52. The van der Waals surface area contributed by atoms with Gasteiger partial charge in [0.15, 0.2) is 0 Å². The molecule has 0 radical (unpaired) electrons. The Bertz CT molecular complexity index is 549. The van der Waals surface area contributed by atoms with Gasteiger partial charge in [-0.2, -0.15) is 0 Å². The van der Waals surface area contributed by atoms with E-state index >= 15 is 0 Å². The first-order valence-electron chi connectivity index (χ1n) is 6.88. The average molecular weight is 290 g/mol. The van der Waals surface area contributed by atoms with Gasteiger partial charge in [-0.25, -0.2) is 9.97 Å². The lowest BCUT2D eigenvalue weighted by atomic mass is 9.91. The molecule has 0 spiro atoms. The maximum atomic E-state index is 4.44. The highest BCUT2D eigenvalue weighted by Gasteiger charge is 2.21. The number of thiophene rings is 1. The van der Waals surface area contributed by atoms with E-state index < -0.39 is 0 Å². The van der Waals surface area contributed by atoms with Gasteiger partial charge in [-0.3, -0.25) is 0 Å². The molecule has 5 heteroatoms. The van der Waals surface area contributed by atoms with Crippen molar-refractivity contribution in [1.29, 1.82) is 0 Å². The van der Waals surface area contributed by atoms with Gasteiger partial charge < -0.3 is 10.6 Å². The lowest BCUT2D eigenvalue weighted by Gasteiger charge is -2.24. The van der Waals surface area contributed by atoms with E-state index in [2.05, 4.69) is 58.9 Å². The molecule has 0 saturated heterocycles. The normalized spacial score (nSPS) is 11.4. The van der Waals surface area contributed by atoms with Crippen LogP contribution >= 0.6 is 11.3 Å². The Hall–Kier alpha value is -1.62. The minimum Gasteiger partial charge on any atom is -0.370 e. The van der Waals surface area contributed by atoms with E-state index in [9.17, 15) is 0 Å². The fraction of sp³-hybridized carbons (Fsp3) is 0.467. The number of nitrogens with one attached hydrogen (secondary N) is 2. The highest BCUT2D eigenvalue weighted by molar-refractivity contribution is 7.10. The van der Waals surface area contributed by atoms with Crippen LogP contribution in [-0.4, -0.2) is 23.1 Å². The molecule has 4 nitrogen and oxygen atoms in total. The molecule has 0 aliphatic rings.